The van der Waals surface area contributed by atoms with Gasteiger partial charge in [-0.05, 0) is 6.42 Å². The van der Waals surface area contributed by atoms with Gasteiger partial charge in [-0.15, -0.1) is 6.42 Å². The molecule has 1 rings (SSSR count). The molecule has 1 aliphatic rings. The van der Waals surface area contributed by atoms with Crippen molar-refractivity contribution in [2.45, 2.75) is 25.8 Å². The molecule has 1 aliphatic heterocycles. The normalized spacial score (nSPS) is 19.5. The zero-order valence-electron chi connectivity index (χ0n) is 7.04. The number of hydrogen-bond acceptors (Lipinski definition) is 2. The molecule has 1 saturated heterocycles. The lowest BCUT2D eigenvalue weighted by molar-refractivity contribution is -0.140. The first kappa shape index (κ1) is 8.79. The molecule has 0 radical (unpaired) electrons. The van der Waals surface area contributed by atoms with E-state index in [9.17, 15) is 9.59 Å². The van der Waals surface area contributed by atoms with Crippen LogP contribution in [0.4, 0.5) is 0 Å². The highest BCUT2D eigenvalue weighted by Gasteiger charge is 2.32. The number of ketones is 1. The van der Waals surface area contributed by atoms with Gasteiger partial charge in [-0.2, -0.15) is 0 Å². The number of hydrogen-bond donors (Lipinski definition) is 0. The Balaban J connectivity index is 2.72. The Morgan fingerprint density at radius 1 is 1.67 bits per heavy atom. The van der Waals surface area contributed by atoms with Crippen LogP contribution in [-0.2, 0) is 9.59 Å². The van der Waals surface area contributed by atoms with Gasteiger partial charge < -0.3 is 4.90 Å². The average molecular weight is 165 g/mol. The second-order valence-corrected chi connectivity index (χ2v) is 2.76. The topological polar surface area (TPSA) is 37.4 Å². The SMILES string of the molecule is C#CC(CC)N1CCC(=O)C1=O. The number of terminal acetylenes is 1. The summed E-state index contributed by atoms with van der Waals surface area (Å²) < 4.78 is 0. The molecule has 0 N–H and O–H groups in total. The quantitative estimate of drug-likeness (QED) is 0.433. The van der Waals surface area contributed by atoms with E-state index in [1.54, 1.807) is 0 Å². The first-order chi connectivity index (χ1) is 5.70. The fraction of sp³-hybridized carbons (Fsp3) is 0.556. The molecule has 12 heavy (non-hydrogen) atoms. The van der Waals surface area contributed by atoms with E-state index in [0.29, 0.717) is 19.4 Å². The molecule has 0 bridgehead atoms. The molecule has 1 heterocycles. The third kappa shape index (κ3) is 1.33. The Bertz CT molecular complexity index is 252. The van der Waals surface area contributed by atoms with Crippen molar-refractivity contribution < 1.29 is 9.59 Å². The summed E-state index contributed by atoms with van der Waals surface area (Å²) >= 11 is 0. The Labute approximate surface area is 71.7 Å². The molecular formula is C9H11NO2. The monoisotopic (exact) mass is 165 g/mol. The predicted octanol–water partition coefficient (Wildman–Crippen LogP) is 0.200. The fourth-order valence-corrected chi connectivity index (χ4v) is 1.32. The van der Waals surface area contributed by atoms with Crippen molar-refractivity contribution in [2.75, 3.05) is 6.54 Å². The summed E-state index contributed by atoms with van der Waals surface area (Å²) in [6.45, 7) is 2.39. The fourth-order valence-electron chi connectivity index (χ4n) is 1.32. The van der Waals surface area contributed by atoms with Crippen molar-refractivity contribution in [3.63, 3.8) is 0 Å². The molecule has 1 fully saturated rings. The highest BCUT2D eigenvalue weighted by molar-refractivity contribution is 6.38. The van der Waals surface area contributed by atoms with Crippen LogP contribution in [-0.4, -0.2) is 29.2 Å². The summed E-state index contributed by atoms with van der Waals surface area (Å²) in [5.74, 6) is 1.76. The maximum atomic E-state index is 11.1. The van der Waals surface area contributed by atoms with Gasteiger partial charge in [0.1, 0.15) is 0 Å². The minimum absolute atomic E-state index is 0.205. The standard InChI is InChI=1S/C9H11NO2/c1-3-7(4-2)10-6-5-8(11)9(10)12/h1,7H,4-6H2,2H3. The van der Waals surface area contributed by atoms with Gasteiger partial charge in [-0.3, -0.25) is 9.59 Å². The summed E-state index contributed by atoms with van der Waals surface area (Å²) in [6, 6.07) is -0.205. The van der Waals surface area contributed by atoms with E-state index in [1.165, 1.54) is 4.90 Å². The molecular weight excluding hydrogens is 154 g/mol. The van der Waals surface area contributed by atoms with Gasteiger partial charge >= 0.3 is 0 Å². The number of nitrogens with zero attached hydrogens (tertiary/aromatic N) is 1. The van der Waals surface area contributed by atoms with Crippen LogP contribution in [0.1, 0.15) is 19.8 Å². The van der Waals surface area contributed by atoms with Crippen molar-refractivity contribution in [2.24, 2.45) is 0 Å². The zero-order valence-corrected chi connectivity index (χ0v) is 7.04. The van der Waals surface area contributed by atoms with Crippen molar-refractivity contribution in [3.05, 3.63) is 0 Å². The largest absolute Gasteiger partial charge is 0.322 e. The van der Waals surface area contributed by atoms with Gasteiger partial charge in [0, 0.05) is 13.0 Å². The predicted molar refractivity (Wildman–Crippen MR) is 44.2 cm³/mol. The lowest BCUT2D eigenvalue weighted by Gasteiger charge is -2.20. The summed E-state index contributed by atoms with van der Waals surface area (Å²) in [4.78, 5) is 23.5. The smallest absolute Gasteiger partial charge is 0.291 e. The molecule has 0 spiro atoms. The molecule has 3 nitrogen and oxygen atoms in total. The van der Waals surface area contributed by atoms with Gasteiger partial charge in [0.25, 0.3) is 5.91 Å². The van der Waals surface area contributed by atoms with Gasteiger partial charge in [-0.1, -0.05) is 12.8 Å². The number of carbonyl (C=O) groups is 2. The van der Waals surface area contributed by atoms with E-state index in [1.807, 2.05) is 6.92 Å². The van der Waals surface area contributed by atoms with E-state index in [0.717, 1.165) is 0 Å². The molecule has 0 aromatic heterocycles. The lowest BCUT2D eigenvalue weighted by Crippen LogP contribution is -2.36. The molecule has 0 aromatic carbocycles. The van der Waals surface area contributed by atoms with Crippen molar-refractivity contribution in [3.8, 4) is 12.3 Å². The highest BCUT2D eigenvalue weighted by atomic mass is 16.2. The number of rotatable bonds is 2. The number of likely N-dealkylation sites (tertiary alicyclic amines) is 1. The van der Waals surface area contributed by atoms with Crippen molar-refractivity contribution in [1.29, 1.82) is 0 Å². The van der Waals surface area contributed by atoms with E-state index >= 15 is 0 Å². The zero-order chi connectivity index (χ0) is 9.14. The van der Waals surface area contributed by atoms with Crippen LogP contribution < -0.4 is 0 Å². The van der Waals surface area contributed by atoms with E-state index in [2.05, 4.69) is 5.92 Å². The molecule has 1 atom stereocenters. The minimum Gasteiger partial charge on any atom is -0.322 e. The Morgan fingerprint density at radius 2 is 2.33 bits per heavy atom. The first-order valence-corrected chi connectivity index (χ1v) is 4.00. The van der Waals surface area contributed by atoms with Crippen LogP contribution in [0, 0.1) is 12.3 Å². The van der Waals surface area contributed by atoms with Crippen LogP contribution in [0.5, 0.6) is 0 Å². The van der Waals surface area contributed by atoms with Gasteiger partial charge in [-0.25, -0.2) is 0 Å². The molecule has 0 aliphatic carbocycles. The van der Waals surface area contributed by atoms with Crippen molar-refractivity contribution >= 4 is 11.7 Å². The maximum absolute atomic E-state index is 11.1. The second-order valence-electron chi connectivity index (χ2n) is 2.76. The third-order valence-corrected chi connectivity index (χ3v) is 2.03. The van der Waals surface area contributed by atoms with Crippen LogP contribution in [0.3, 0.4) is 0 Å². The highest BCUT2D eigenvalue weighted by Crippen LogP contribution is 2.12. The van der Waals surface area contributed by atoms with E-state index in [-0.39, 0.29) is 11.8 Å². The Hall–Kier alpha value is -1.30. The maximum Gasteiger partial charge on any atom is 0.291 e. The Kier molecular flexibility index (Phi) is 2.49. The van der Waals surface area contributed by atoms with E-state index < -0.39 is 5.91 Å². The molecule has 0 aromatic rings. The van der Waals surface area contributed by atoms with Crippen LogP contribution in [0.15, 0.2) is 0 Å². The molecule has 0 saturated carbocycles. The Morgan fingerprint density at radius 3 is 2.67 bits per heavy atom. The first-order valence-electron chi connectivity index (χ1n) is 4.00. The van der Waals surface area contributed by atoms with Gasteiger partial charge in [0.2, 0.25) is 5.78 Å². The van der Waals surface area contributed by atoms with Crippen LogP contribution in [0.2, 0.25) is 0 Å². The summed E-state index contributed by atoms with van der Waals surface area (Å²) in [5.41, 5.74) is 0. The van der Waals surface area contributed by atoms with Gasteiger partial charge in [0.15, 0.2) is 0 Å². The van der Waals surface area contributed by atoms with Crippen LogP contribution >= 0.6 is 0 Å². The molecule has 1 amide bonds. The summed E-state index contributed by atoms with van der Waals surface area (Å²) in [6.07, 6.45) is 6.24. The van der Waals surface area contributed by atoms with Crippen molar-refractivity contribution in [1.82, 2.24) is 4.90 Å². The summed E-state index contributed by atoms with van der Waals surface area (Å²) in [5, 5.41) is 0. The summed E-state index contributed by atoms with van der Waals surface area (Å²) in [7, 11) is 0. The van der Waals surface area contributed by atoms with Gasteiger partial charge in [0.05, 0.1) is 6.04 Å². The van der Waals surface area contributed by atoms with Crippen LogP contribution in [0.25, 0.3) is 0 Å². The second kappa shape index (κ2) is 3.40. The molecule has 64 valence electrons. The lowest BCUT2D eigenvalue weighted by atomic mass is 10.2. The molecule has 3 heteroatoms. The number of Topliss-reactive ketones (excluding diaryl/α,β-unsaturated/α-hetero) is 1. The number of amides is 1. The average Bonchev–Trinajstić information content (AvgIpc) is 2.38. The third-order valence-electron chi connectivity index (χ3n) is 2.03. The number of carbonyl (C=O) groups excluding carboxylic acids is 2. The minimum atomic E-state index is -0.417. The van der Waals surface area contributed by atoms with E-state index in [4.69, 9.17) is 6.42 Å². The molecule has 1 unspecified atom stereocenters.